The van der Waals surface area contributed by atoms with Gasteiger partial charge >= 0.3 is 0 Å². The Bertz CT molecular complexity index is 1050. The molecule has 0 amide bonds. The van der Waals surface area contributed by atoms with Crippen molar-refractivity contribution in [2.45, 2.75) is 16.2 Å². The van der Waals surface area contributed by atoms with E-state index in [1.807, 2.05) is 36.4 Å². The first-order valence-electron chi connectivity index (χ1n) is 10.2. The van der Waals surface area contributed by atoms with Crippen LogP contribution in [0.3, 0.4) is 0 Å². The molecule has 1 aliphatic rings. The first-order chi connectivity index (χ1) is 14.4. The third kappa shape index (κ3) is 4.72. The van der Waals surface area contributed by atoms with E-state index in [0.29, 0.717) is 11.0 Å². The average Bonchev–Trinajstić information content (AvgIpc) is 2.74. The van der Waals surface area contributed by atoms with Crippen molar-refractivity contribution in [1.82, 2.24) is 0 Å². The monoisotopic (exact) mass is 437 g/mol. The molecule has 1 aliphatic heterocycles. The second kappa shape index (κ2) is 8.84. The normalized spacial score (nSPS) is 13.0. The first-order valence-corrected chi connectivity index (χ1v) is 11.4. The number of rotatable bonds is 7. The van der Waals surface area contributed by atoms with Gasteiger partial charge in [0.2, 0.25) is 5.78 Å². The van der Waals surface area contributed by atoms with Gasteiger partial charge in [-0.2, -0.15) is 0 Å². The van der Waals surface area contributed by atoms with Crippen LogP contribution in [0.4, 0.5) is 11.4 Å². The number of benzene rings is 3. The quantitative estimate of drug-likeness (QED) is 0.320. The van der Waals surface area contributed by atoms with Crippen molar-refractivity contribution in [2.75, 3.05) is 38.6 Å². The zero-order chi connectivity index (χ0) is 21.1. The van der Waals surface area contributed by atoms with Gasteiger partial charge in [0.05, 0.1) is 32.0 Å². The number of anilines is 2. The molecule has 0 aliphatic carbocycles. The number of fused-ring (bicyclic) bond motifs is 2. The maximum atomic E-state index is 12.6. The molecule has 0 aromatic heterocycles. The molecule has 0 atom stereocenters. The summed E-state index contributed by atoms with van der Waals surface area (Å²) in [5.41, 5.74) is 3.18. The Morgan fingerprint density at radius 3 is 2.43 bits per heavy atom. The largest absolute Gasteiger partial charge is 0.339 e. The van der Waals surface area contributed by atoms with Crippen molar-refractivity contribution in [1.29, 1.82) is 0 Å². The van der Waals surface area contributed by atoms with Crippen molar-refractivity contribution in [3.05, 3.63) is 83.4 Å². The van der Waals surface area contributed by atoms with Crippen LogP contribution < -0.4 is 4.90 Å². The number of hydrogen-bond acceptors (Lipinski definition) is 3. The molecule has 154 valence electrons. The van der Waals surface area contributed by atoms with Crippen molar-refractivity contribution < 1.29 is 9.28 Å². The Morgan fingerprint density at radius 2 is 1.63 bits per heavy atom. The molecule has 4 rings (SSSR count). The highest BCUT2D eigenvalue weighted by molar-refractivity contribution is 7.99. The fourth-order valence-electron chi connectivity index (χ4n) is 3.88. The molecule has 0 fully saturated rings. The number of para-hydroxylation sites is 1. The summed E-state index contributed by atoms with van der Waals surface area (Å²) in [5.74, 6) is 0.192. The van der Waals surface area contributed by atoms with Crippen LogP contribution in [0.25, 0.3) is 0 Å². The van der Waals surface area contributed by atoms with E-state index in [1.54, 1.807) is 11.8 Å². The molecule has 3 nitrogen and oxygen atoms in total. The average molecular weight is 438 g/mol. The van der Waals surface area contributed by atoms with E-state index < -0.39 is 0 Å². The van der Waals surface area contributed by atoms with Crippen molar-refractivity contribution in [3.8, 4) is 0 Å². The molecule has 0 bridgehead atoms. The number of ketones is 1. The van der Waals surface area contributed by atoms with Crippen molar-refractivity contribution >= 4 is 40.5 Å². The molecule has 0 spiro atoms. The molecule has 0 unspecified atom stereocenters. The topological polar surface area (TPSA) is 20.3 Å². The molecule has 0 saturated heterocycles. The van der Waals surface area contributed by atoms with E-state index in [0.717, 1.165) is 35.8 Å². The minimum absolute atomic E-state index is 0.192. The predicted molar refractivity (Wildman–Crippen MR) is 126 cm³/mol. The second-order valence-corrected chi connectivity index (χ2v) is 9.81. The van der Waals surface area contributed by atoms with Crippen LogP contribution in [0.5, 0.6) is 0 Å². The van der Waals surface area contributed by atoms with Crippen molar-refractivity contribution in [2.24, 2.45) is 0 Å². The maximum absolute atomic E-state index is 12.6. The predicted octanol–water partition coefficient (Wildman–Crippen LogP) is 6.29. The molecule has 0 saturated carbocycles. The number of carbonyl (C=O) groups is 1. The van der Waals surface area contributed by atoms with Crippen LogP contribution >= 0.6 is 23.4 Å². The molecule has 30 heavy (non-hydrogen) atoms. The SMILES string of the molecule is C[N+](C)(CCCN1c2ccccc2Sc2ccc(Cl)cc21)CC(=O)c1ccccc1. The van der Waals surface area contributed by atoms with Gasteiger partial charge in [0.1, 0.15) is 6.54 Å². The van der Waals surface area contributed by atoms with E-state index in [9.17, 15) is 4.79 Å². The summed E-state index contributed by atoms with van der Waals surface area (Å²) < 4.78 is 0.667. The lowest BCUT2D eigenvalue weighted by Gasteiger charge is -2.34. The van der Waals surface area contributed by atoms with Gasteiger partial charge in [0, 0.05) is 33.3 Å². The number of nitrogens with zero attached hydrogens (tertiary/aromatic N) is 2. The minimum atomic E-state index is 0.192. The van der Waals surface area contributed by atoms with Crippen LogP contribution in [0.2, 0.25) is 5.02 Å². The van der Waals surface area contributed by atoms with Crippen LogP contribution in [0, 0.1) is 0 Å². The molecule has 0 radical (unpaired) electrons. The Balaban J connectivity index is 1.46. The lowest BCUT2D eigenvalue weighted by molar-refractivity contribution is -0.881. The van der Waals surface area contributed by atoms with Crippen LogP contribution in [-0.2, 0) is 0 Å². The highest BCUT2D eigenvalue weighted by atomic mass is 35.5. The third-order valence-electron chi connectivity index (χ3n) is 5.40. The van der Waals surface area contributed by atoms with Crippen molar-refractivity contribution in [3.63, 3.8) is 0 Å². The molecular formula is C25H26ClN2OS+. The van der Waals surface area contributed by atoms with Gasteiger partial charge in [-0.05, 0) is 30.3 Å². The van der Waals surface area contributed by atoms with Crippen LogP contribution in [-0.4, -0.2) is 44.0 Å². The fraction of sp³-hybridized carbons (Fsp3) is 0.240. The Hall–Kier alpha value is -2.27. The molecule has 5 heteroatoms. The smallest absolute Gasteiger partial charge is 0.216 e. The number of Topliss-reactive ketones (excluding diaryl/α,β-unsaturated/α-hetero) is 1. The third-order valence-corrected chi connectivity index (χ3v) is 6.77. The summed E-state index contributed by atoms with van der Waals surface area (Å²) in [7, 11) is 4.26. The summed E-state index contributed by atoms with van der Waals surface area (Å²) in [6.45, 7) is 2.30. The first kappa shape index (κ1) is 21.0. The van der Waals surface area contributed by atoms with Gasteiger partial charge in [0.15, 0.2) is 0 Å². The molecule has 3 aromatic carbocycles. The van der Waals surface area contributed by atoms with E-state index in [2.05, 4.69) is 55.4 Å². The van der Waals surface area contributed by atoms with Crippen LogP contribution in [0.15, 0.2) is 82.6 Å². The summed E-state index contributed by atoms with van der Waals surface area (Å²) in [4.78, 5) is 17.5. The maximum Gasteiger partial charge on any atom is 0.216 e. The standard InChI is InChI=1S/C25H26ClN2OS/c1-28(2,18-23(29)19-9-4-3-5-10-19)16-8-15-27-21-11-6-7-12-24(21)30-25-14-13-20(26)17-22(25)27/h3-7,9-14,17H,8,15-16,18H2,1-2H3/q+1. The zero-order valence-electron chi connectivity index (χ0n) is 17.3. The highest BCUT2D eigenvalue weighted by Crippen LogP contribution is 2.48. The minimum Gasteiger partial charge on any atom is -0.339 e. The molecule has 1 heterocycles. The van der Waals surface area contributed by atoms with Gasteiger partial charge in [-0.1, -0.05) is 65.8 Å². The van der Waals surface area contributed by atoms with Gasteiger partial charge < -0.3 is 9.38 Å². The highest BCUT2D eigenvalue weighted by Gasteiger charge is 2.25. The van der Waals surface area contributed by atoms with E-state index >= 15 is 0 Å². The second-order valence-electron chi connectivity index (χ2n) is 8.29. The lowest BCUT2D eigenvalue weighted by Crippen LogP contribution is -2.45. The number of hydrogen-bond donors (Lipinski definition) is 0. The Morgan fingerprint density at radius 1 is 0.933 bits per heavy atom. The summed E-state index contributed by atoms with van der Waals surface area (Å²) >= 11 is 8.11. The Kier molecular flexibility index (Phi) is 6.19. The summed E-state index contributed by atoms with van der Waals surface area (Å²) in [6, 6.07) is 24.2. The van der Waals surface area contributed by atoms with E-state index in [1.165, 1.54) is 15.5 Å². The lowest BCUT2D eigenvalue weighted by atomic mass is 10.1. The number of carbonyl (C=O) groups excluding carboxylic acids is 1. The summed E-state index contributed by atoms with van der Waals surface area (Å²) in [5, 5.41) is 0.753. The van der Waals surface area contributed by atoms with Gasteiger partial charge in [-0.25, -0.2) is 0 Å². The molecular weight excluding hydrogens is 412 g/mol. The molecule has 0 N–H and O–H groups in total. The summed E-state index contributed by atoms with van der Waals surface area (Å²) in [6.07, 6.45) is 0.972. The molecule has 3 aromatic rings. The van der Waals surface area contributed by atoms with E-state index in [-0.39, 0.29) is 5.78 Å². The number of quaternary nitrogens is 1. The van der Waals surface area contributed by atoms with Crippen LogP contribution in [0.1, 0.15) is 16.8 Å². The van der Waals surface area contributed by atoms with Gasteiger partial charge in [0.25, 0.3) is 0 Å². The fourth-order valence-corrected chi connectivity index (χ4v) is 5.13. The van der Waals surface area contributed by atoms with E-state index in [4.69, 9.17) is 11.6 Å². The zero-order valence-corrected chi connectivity index (χ0v) is 18.9. The number of halogens is 1. The van der Waals surface area contributed by atoms with Gasteiger partial charge in [-0.15, -0.1) is 0 Å². The number of likely N-dealkylation sites (N-methyl/N-ethyl adjacent to an activating group) is 1. The Labute approximate surface area is 187 Å². The van der Waals surface area contributed by atoms with Gasteiger partial charge in [-0.3, -0.25) is 4.79 Å².